The summed E-state index contributed by atoms with van der Waals surface area (Å²) < 4.78 is 14.8. The van der Waals surface area contributed by atoms with Crippen LogP contribution in [0.25, 0.3) is 5.69 Å². The zero-order valence-electron chi connectivity index (χ0n) is 15.2. The summed E-state index contributed by atoms with van der Waals surface area (Å²) >= 11 is 1.36. The Hall–Kier alpha value is -2.81. The van der Waals surface area contributed by atoms with Crippen molar-refractivity contribution < 1.29 is 9.18 Å². The summed E-state index contributed by atoms with van der Waals surface area (Å²) in [4.78, 5) is 21.0. The van der Waals surface area contributed by atoms with Gasteiger partial charge >= 0.3 is 0 Å². The predicted molar refractivity (Wildman–Crippen MR) is 100 cm³/mol. The fourth-order valence-corrected chi connectivity index (χ4v) is 3.09. The first-order chi connectivity index (χ1) is 12.8. The number of halogens is 1. The van der Waals surface area contributed by atoms with Crippen molar-refractivity contribution in [1.82, 2.24) is 30.3 Å². The van der Waals surface area contributed by atoms with E-state index >= 15 is 0 Å². The first-order valence-electron chi connectivity index (χ1n) is 8.26. The lowest BCUT2D eigenvalue weighted by molar-refractivity contribution is 0.0913. The van der Waals surface area contributed by atoms with E-state index in [2.05, 4.69) is 25.6 Å². The molecule has 27 heavy (non-hydrogen) atoms. The molecule has 1 amide bonds. The van der Waals surface area contributed by atoms with Crippen molar-refractivity contribution in [3.05, 3.63) is 59.9 Å². The van der Waals surface area contributed by atoms with Gasteiger partial charge in [0.1, 0.15) is 5.82 Å². The van der Waals surface area contributed by atoms with Crippen LogP contribution in [0, 0.1) is 5.82 Å². The van der Waals surface area contributed by atoms with Gasteiger partial charge in [-0.1, -0.05) is 17.0 Å². The highest BCUT2D eigenvalue weighted by atomic mass is 32.2. The maximum atomic E-state index is 13.3. The number of rotatable bonds is 5. The van der Waals surface area contributed by atoms with Crippen molar-refractivity contribution >= 4 is 17.7 Å². The Morgan fingerprint density at radius 3 is 2.48 bits per heavy atom. The third kappa shape index (κ3) is 4.88. The molecule has 0 aliphatic heterocycles. The Morgan fingerprint density at radius 2 is 1.85 bits per heavy atom. The third-order valence-electron chi connectivity index (χ3n) is 3.42. The van der Waals surface area contributed by atoms with Gasteiger partial charge in [-0.15, -0.1) is 5.10 Å². The average Bonchev–Trinajstić information content (AvgIpc) is 3.04. The molecule has 0 bridgehead atoms. The largest absolute Gasteiger partial charge is 0.346 e. The van der Waals surface area contributed by atoms with Crippen molar-refractivity contribution in [2.45, 2.75) is 37.2 Å². The fourth-order valence-electron chi connectivity index (χ4n) is 2.29. The Morgan fingerprint density at radius 1 is 1.19 bits per heavy atom. The number of benzene rings is 1. The molecule has 0 radical (unpaired) electrons. The molecule has 0 fully saturated rings. The topological polar surface area (TPSA) is 85.6 Å². The molecule has 0 aliphatic rings. The minimum absolute atomic E-state index is 0.220. The van der Waals surface area contributed by atoms with E-state index in [1.807, 2.05) is 20.8 Å². The molecular weight excluding hydrogens is 367 g/mol. The van der Waals surface area contributed by atoms with Crippen LogP contribution in [0.15, 0.2) is 47.9 Å². The number of aromatic nitrogens is 5. The van der Waals surface area contributed by atoms with Crippen LogP contribution in [0.4, 0.5) is 4.39 Å². The van der Waals surface area contributed by atoms with E-state index in [9.17, 15) is 9.18 Å². The van der Waals surface area contributed by atoms with E-state index in [0.717, 1.165) is 0 Å². The normalized spacial score (nSPS) is 11.4. The van der Waals surface area contributed by atoms with E-state index in [1.54, 1.807) is 30.6 Å². The molecule has 2 aromatic heterocycles. The van der Waals surface area contributed by atoms with Gasteiger partial charge in [-0.05, 0) is 51.1 Å². The highest BCUT2D eigenvalue weighted by Gasteiger charge is 2.24. The maximum Gasteiger partial charge on any atom is 0.274 e. The first kappa shape index (κ1) is 19.0. The molecule has 2 heterocycles. The number of carbonyl (C=O) groups excluding carboxylic acids is 1. The van der Waals surface area contributed by atoms with E-state index < -0.39 is 5.54 Å². The summed E-state index contributed by atoms with van der Waals surface area (Å²) in [5.74, 6) is -0.292. The van der Waals surface area contributed by atoms with Gasteiger partial charge in [0.15, 0.2) is 10.9 Å². The Labute approximate surface area is 160 Å². The Balaban J connectivity index is 1.95. The number of hydrogen-bond acceptors (Lipinski definition) is 6. The average molecular weight is 386 g/mol. The van der Waals surface area contributed by atoms with Crippen LogP contribution in [0.5, 0.6) is 0 Å². The van der Waals surface area contributed by atoms with Gasteiger partial charge in [-0.25, -0.2) is 19.0 Å². The number of amides is 1. The summed E-state index contributed by atoms with van der Waals surface area (Å²) in [6.45, 7) is 5.67. The second-order valence-corrected chi connectivity index (χ2v) is 7.74. The molecule has 9 heteroatoms. The van der Waals surface area contributed by atoms with E-state index in [0.29, 0.717) is 22.3 Å². The lowest BCUT2D eigenvalue weighted by Crippen LogP contribution is -2.41. The number of hydrogen-bond donors (Lipinski definition) is 1. The van der Waals surface area contributed by atoms with Crippen LogP contribution in [-0.4, -0.2) is 36.4 Å². The molecule has 0 saturated heterocycles. The third-order valence-corrected chi connectivity index (χ3v) is 4.30. The lowest BCUT2D eigenvalue weighted by atomic mass is 10.1. The predicted octanol–water partition coefficient (Wildman–Crippen LogP) is 3.02. The monoisotopic (exact) mass is 386 g/mol. The molecular formula is C18H19FN6OS. The SMILES string of the molecule is CC(C)(C)NC(=O)c1nnn(-c2ccc(F)cc2)c1CSc1ncccn1. The van der Waals surface area contributed by atoms with Crippen molar-refractivity contribution in [2.75, 3.05) is 0 Å². The van der Waals surface area contributed by atoms with Gasteiger partial charge in [-0.3, -0.25) is 4.79 Å². The molecule has 1 aromatic carbocycles. The first-order valence-corrected chi connectivity index (χ1v) is 9.25. The minimum Gasteiger partial charge on any atom is -0.346 e. The van der Waals surface area contributed by atoms with Crippen LogP contribution in [0.3, 0.4) is 0 Å². The van der Waals surface area contributed by atoms with Gasteiger partial charge in [0.05, 0.1) is 11.4 Å². The van der Waals surface area contributed by atoms with Crippen LogP contribution in [0.2, 0.25) is 0 Å². The van der Waals surface area contributed by atoms with E-state index in [4.69, 9.17) is 0 Å². The second kappa shape index (κ2) is 7.83. The highest BCUT2D eigenvalue weighted by Crippen LogP contribution is 2.23. The Kier molecular flexibility index (Phi) is 5.50. The molecule has 0 spiro atoms. The summed E-state index contributed by atoms with van der Waals surface area (Å²) in [6.07, 6.45) is 3.30. The quantitative estimate of drug-likeness (QED) is 0.536. The van der Waals surface area contributed by atoms with Crippen molar-refractivity contribution in [1.29, 1.82) is 0 Å². The van der Waals surface area contributed by atoms with Crippen molar-refractivity contribution in [2.24, 2.45) is 0 Å². The molecule has 0 unspecified atom stereocenters. The molecule has 0 atom stereocenters. The fraction of sp³-hybridized carbons (Fsp3) is 0.278. The summed E-state index contributed by atoms with van der Waals surface area (Å²) in [5.41, 5.74) is 1.01. The maximum absolute atomic E-state index is 13.3. The summed E-state index contributed by atoms with van der Waals surface area (Å²) in [5, 5.41) is 11.6. The molecule has 3 aromatic rings. The smallest absolute Gasteiger partial charge is 0.274 e. The van der Waals surface area contributed by atoms with Gasteiger partial charge < -0.3 is 5.32 Å². The number of nitrogens with zero attached hydrogens (tertiary/aromatic N) is 5. The van der Waals surface area contributed by atoms with Crippen LogP contribution >= 0.6 is 11.8 Å². The van der Waals surface area contributed by atoms with Gasteiger partial charge in [0, 0.05) is 23.7 Å². The number of carbonyl (C=O) groups is 1. The van der Waals surface area contributed by atoms with Gasteiger partial charge in [0.2, 0.25) is 0 Å². The van der Waals surface area contributed by atoms with Gasteiger partial charge in [0.25, 0.3) is 5.91 Å². The molecule has 3 rings (SSSR count). The molecule has 1 N–H and O–H groups in total. The zero-order valence-corrected chi connectivity index (χ0v) is 16.0. The standard InChI is InChI=1S/C18H19FN6OS/c1-18(2,3)22-16(26)15-14(11-27-17-20-9-4-10-21-17)25(24-23-15)13-7-5-12(19)6-8-13/h4-10H,11H2,1-3H3,(H,22,26). The second-order valence-electron chi connectivity index (χ2n) is 6.80. The zero-order chi connectivity index (χ0) is 19.4. The van der Waals surface area contributed by atoms with Crippen LogP contribution in [-0.2, 0) is 5.75 Å². The van der Waals surface area contributed by atoms with E-state index in [-0.39, 0.29) is 17.4 Å². The molecule has 0 saturated carbocycles. The van der Waals surface area contributed by atoms with E-state index in [1.165, 1.54) is 28.6 Å². The van der Waals surface area contributed by atoms with Crippen LogP contribution in [0.1, 0.15) is 37.0 Å². The molecule has 140 valence electrons. The molecule has 7 nitrogen and oxygen atoms in total. The van der Waals surface area contributed by atoms with Crippen molar-refractivity contribution in [3.8, 4) is 5.69 Å². The lowest BCUT2D eigenvalue weighted by Gasteiger charge is -2.20. The molecule has 0 aliphatic carbocycles. The Bertz CT molecular complexity index is 921. The van der Waals surface area contributed by atoms with Gasteiger partial charge in [-0.2, -0.15) is 0 Å². The number of thioether (sulfide) groups is 1. The summed E-state index contributed by atoms with van der Waals surface area (Å²) in [6, 6.07) is 7.58. The highest BCUT2D eigenvalue weighted by molar-refractivity contribution is 7.98. The van der Waals surface area contributed by atoms with Crippen molar-refractivity contribution in [3.63, 3.8) is 0 Å². The van der Waals surface area contributed by atoms with Crippen LogP contribution < -0.4 is 5.32 Å². The minimum atomic E-state index is -0.413. The number of nitrogens with one attached hydrogen (secondary N) is 1. The summed E-state index contributed by atoms with van der Waals surface area (Å²) in [7, 11) is 0.